The average molecular weight is 389 g/mol. The molecule has 0 aliphatic carbocycles. The van der Waals surface area contributed by atoms with E-state index in [0.717, 1.165) is 20.8 Å². The SMILES string of the molecule is CC(C)c1ncc(Oc2ccc(I)cc2)c(CCl)n1. The predicted octanol–water partition coefficient (Wildman–Crippen LogP) is 4.74. The van der Waals surface area contributed by atoms with Crippen molar-refractivity contribution in [2.45, 2.75) is 25.6 Å². The number of ether oxygens (including phenoxy) is 1. The van der Waals surface area contributed by atoms with Gasteiger partial charge >= 0.3 is 0 Å². The van der Waals surface area contributed by atoms with E-state index in [1.807, 2.05) is 38.1 Å². The first-order chi connectivity index (χ1) is 9.10. The number of hydrogen-bond donors (Lipinski definition) is 0. The molecule has 0 saturated heterocycles. The third-order valence-electron chi connectivity index (χ3n) is 2.53. The van der Waals surface area contributed by atoms with Crippen LogP contribution in [0.3, 0.4) is 0 Å². The fourth-order valence-corrected chi connectivity index (χ4v) is 2.06. The molecule has 1 aromatic carbocycles. The molecular formula is C14H14ClIN2O. The second-order valence-electron chi connectivity index (χ2n) is 4.38. The third-order valence-corrected chi connectivity index (χ3v) is 3.50. The summed E-state index contributed by atoms with van der Waals surface area (Å²) in [6.45, 7) is 4.10. The molecule has 0 aliphatic rings. The highest BCUT2D eigenvalue weighted by Gasteiger charge is 2.10. The van der Waals surface area contributed by atoms with Crippen LogP contribution >= 0.6 is 34.2 Å². The number of alkyl halides is 1. The van der Waals surface area contributed by atoms with Crippen LogP contribution in [-0.2, 0) is 5.88 Å². The van der Waals surface area contributed by atoms with E-state index in [0.29, 0.717) is 11.6 Å². The molecule has 1 aromatic heterocycles. The second-order valence-corrected chi connectivity index (χ2v) is 5.90. The van der Waals surface area contributed by atoms with Gasteiger partial charge in [0.05, 0.1) is 12.1 Å². The molecule has 3 nitrogen and oxygen atoms in total. The van der Waals surface area contributed by atoms with E-state index in [4.69, 9.17) is 16.3 Å². The molecule has 0 bridgehead atoms. The van der Waals surface area contributed by atoms with Crippen molar-refractivity contribution in [1.29, 1.82) is 0 Å². The molecule has 0 spiro atoms. The Kier molecular flexibility index (Phi) is 4.99. The van der Waals surface area contributed by atoms with Crippen LogP contribution in [0.4, 0.5) is 0 Å². The Morgan fingerprint density at radius 1 is 1.26 bits per heavy atom. The smallest absolute Gasteiger partial charge is 0.168 e. The fourth-order valence-electron chi connectivity index (χ4n) is 1.51. The van der Waals surface area contributed by atoms with Gasteiger partial charge < -0.3 is 4.74 Å². The lowest BCUT2D eigenvalue weighted by atomic mass is 10.2. The summed E-state index contributed by atoms with van der Waals surface area (Å²) in [6, 6.07) is 7.80. The van der Waals surface area contributed by atoms with Gasteiger partial charge in [0.25, 0.3) is 0 Å². The number of aromatic nitrogens is 2. The van der Waals surface area contributed by atoms with Gasteiger partial charge in [0.1, 0.15) is 17.3 Å². The number of nitrogens with zero attached hydrogens (tertiary/aromatic N) is 2. The summed E-state index contributed by atoms with van der Waals surface area (Å²) in [7, 11) is 0. The molecule has 0 N–H and O–H groups in total. The van der Waals surface area contributed by atoms with Crippen LogP contribution < -0.4 is 4.74 Å². The van der Waals surface area contributed by atoms with Crippen molar-refractivity contribution in [2.75, 3.05) is 0 Å². The van der Waals surface area contributed by atoms with Gasteiger partial charge in [-0.1, -0.05) is 13.8 Å². The molecule has 19 heavy (non-hydrogen) atoms. The van der Waals surface area contributed by atoms with Gasteiger partial charge in [-0.25, -0.2) is 9.97 Å². The van der Waals surface area contributed by atoms with E-state index < -0.39 is 0 Å². The van der Waals surface area contributed by atoms with Gasteiger partial charge in [-0.15, -0.1) is 11.6 Å². The Bertz CT molecular complexity index is 558. The molecule has 0 radical (unpaired) electrons. The van der Waals surface area contributed by atoms with Gasteiger partial charge in [0, 0.05) is 9.49 Å². The maximum atomic E-state index is 5.93. The monoisotopic (exact) mass is 388 g/mol. The molecule has 0 amide bonds. The zero-order valence-corrected chi connectivity index (χ0v) is 13.6. The summed E-state index contributed by atoms with van der Waals surface area (Å²) in [6.07, 6.45) is 1.69. The molecule has 2 aromatic rings. The van der Waals surface area contributed by atoms with Crippen molar-refractivity contribution in [3.05, 3.63) is 45.6 Å². The van der Waals surface area contributed by atoms with Crippen LogP contribution in [0.15, 0.2) is 30.5 Å². The minimum absolute atomic E-state index is 0.273. The summed E-state index contributed by atoms with van der Waals surface area (Å²) < 4.78 is 6.94. The van der Waals surface area contributed by atoms with Gasteiger partial charge in [0.15, 0.2) is 5.75 Å². The third kappa shape index (κ3) is 3.79. The van der Waals surface area contributed by atoms with Crippen LogP contribution in [0.5, 0.6) is 11.5 Å². The van der Waals surface area contributed by atoms with Crippen molar-refractivity contribution < 1.29 is 4.74 Å². The summed E-state index contributed by atoms with van der Waals surface area (Å²) in [5, 5.41) is 0. The molecule has 0 atom stereocenters. The largest absolute Gasteiger partial charge is 0.454 e. The number of benzene rings is 1. The first-order valence-electron chi connectivity index (χ1n) is 5.95. The molecule has 0 saturated carbocycles. The standard InChI is InChI=1S/C14H14ClIN2O/c1-9(2)14-17-8-13(12(7-15)18-14)19-11-5-3-10(16)4-6-11/h3-6,8-9H,7H2,1-2H3. The maximum Gasteiger partial charge on any atom is 0.168 e. The molecule has 0 aliphatic heterocycles. The van der Waals surface area contributed by atoms with Gasteiger partial charge in [-0.3, -0.25) is 0 Å². The Balaban J connectivity index is 2.27. The molecular weight excluding hydrogens is 375 g/mol. The van der Waals surface area contributed by atoms with Crippen molar-refractivity contribution >= 4 is 34.2 Å². The van der Waals surface area contributed by atoms with E-state index in [-0.39, 0.29) is 5.92 Å². The van der Waals surface area contributed by atoms with E-state index in [1.165, 1.54) is 0 Å². The topological polar surface area (TPSA) is 35.0 Å². The Labute approximate surface area is 131 Å². The van der Waals surface area contributed by atoms with Crippen molar-refractivity contribution in [2.24, 2.45) is 0 Å². The quantitative estimate of drug-likeness (QED) is 0.561. The van der Waals surface area contributed by atoms with Crippen LogP contribution in [0.1, 0.15) is 31.3 Å². The number of rotatable bonds is 4. The van der Waals surface area contributed by atoms with Gasteiger partial charge in [-0.2, -0.15) is 0 Å². The predicted molar refractivity (Wildman–Crippen MR) is 84.9 cm³/mol. The van der Waals surface area contributed by atoms with E-state index in [9.17, 15) is 0 Å². The minimum Gasteiger partial charge on any atom is -0.454 e. The molecule has 100 valence electrons. The van der Waals surface area contributed by atoms with Crippen LogP contribution in [0.2, 0.25) is 0 Å². The summed E-state index contributed by atoms with van der Waals surface area (Å²) in [4.78, 5) is 8.74. The van der Waals surface area contributed by atoms with Crippen LogP contribution in [-0.4, -0.2) is 9.97 Å². The lowest BCUT2D eigenvalue weighted by Crippen LogP contribution is -2.02. The zero-order chi connectivity index (χ0) is 13.8. The highest BCUT2D eigenvalue weighted by molar-refractivity contribution is 14.1. The molecule has 2 rings (SSSR count). The summed E-state index contributed by atoms with van der Waals surface area (Å²) in [5.41, 5.74) is 0.721. The van der Waals surface area contributed by atoms with Crippen LogP contribution in [0, 0.1) is 3.57 Å². The van der Waals surface area contributed by atoms with Gasteiger partial charge in [-0.05, 0) is 46.9 Å². The Morgan fingerprint density at radius 2 is 1.95 bits per heavy atom. The average Bonchev–Trinajstić information content (AvgIpc) is 2.41. The van der Waals surface area contributed by atoms with E-state index in [2.05, 4.69) is 32.6 Å². The molecule has 5 heteroatoms. The Hall–Kier alpha value is -0.880. The highest BCUT2D eigenvalue weighted by atomic mass is 127. The lowest BCUT2D eigenvalue weighted by molar-refractivity contribution is 0.470. The highest BCUT2D eigenvalue weighted by Crippen LogP contribution is 2.26. The maximum absolute atomic E-state index is 5.93. The molecule has 0 fully saturated rings. The minimum atomic E-state index is 0.273. The number of hydrogen-bond acceptors (Lipinski definition) is 3. The van der Waals surface area contributed by atoms with E-state index in [1.54, 1.807) is 6.20 Å². The molecule has 1 heterocycles. The number of halogens is 2. The first kappa shape index (κ1) is 14.5. The zero-order valence-electron chi connectivity index (χ0n) is 10.7. The lowest BCUT2D eigenvalue weighted by Gasteiger charge is -2.11. The first-order valence-corrected chi connectivity index (χ1v) is 7.56. The molecule has 0 unspecified atom stereocenters. The Morgan fingerprint density at radius 3 is 2.53 bits per heavy atom. The fraction of sp³-hybridized carbons (Fsp3) is 0.286. The summed E-state index contributed by atoms with van der Waals surface area (Å²) >= 11 is 8.18. The van der Waals surface area contributed by atoms with Crippen molar-refractivity contribution in [3.63, 3.8) is 0 Å². The van der Waals surface area contributed by atoms with E-state index >= 15 is 0 Å². The van der Waals surface area contributed by atoms with Gasteiger partial charge in [0.2, 0.25) is 0 Å². The second kappa shape index (κ2) is 6.52. The normalized spacial score (nSPS) is 10.8. The van der Waals surface area contributed by atoms with Crippen molar-refractivity contribution in [3.8, 4) is 11.5 Å². The van der Waals surface area contributed by atoms with Crippen molar-refractivity contribution in [1.82, 2.24) is 9.97 Å². The van der Waals surface area contributed by atoms with Crippen LogP contribution in [0.25, 0.3) is 0 Å². The summed E-state index contributed by atoms with van der Waals surface area (Å²) in [5.74, 6) is 2.73.